The fourth-order valence-corrected chi connectivity index (χ4v) is 1.92. The Hall–Kier alpha value is -1.10. The van der Waals surface area contributed by atoms with E-state index in [0.29, 0.717) is 6.42 Å². The Morgan fingerprint density at radius 2 is 1.76 bits per heavy atom. The zero-order chi connectivity index (χ0) is 12.9. The van der Waals surface area contributed by atoms with Crippen LogP contribution in [0.5, 0.6) is 5.75 Å². The van der Waals surface area contributed by atoms with E-state index in [9.17, 15) is 5.11 Å². The van der Waals surface area contributed by atoms with Gasteiger partial charge in [0.15, 0.2) is 6.29 Å². The number of para-hydroxylation sites is 1. The van der Waals surface area contributed by atoms with Crippen LogP contribution in [-0.2, 0) is 15.9 Å². The Bertz CT molecular complexity index is 345. The fraction of sp³-hybridized carbons (Fsp3) is 0.538. The Morgan fingerprint density at radius 3 is 2.29 bits per heavy atom. The van der Waals surface area contributed by atoms with Gasteiger partial charge in [-0.3, -0.25) is 0 Å². The normalized spacial score (nSPS) is 14.7. The third-order valence-electron chi connectivity index (χ3n) is 2.68. The van der Waals surface area contributed by atoms with Crippen LogP contribution < -0.4 is 4.74 Å². The Labute approximate surface area is 102 Å². The third kappa shape index (κ3) is 3.43. The first-order valence-electron chi connectivity index (χ1n) is 5.45. The van der Waals surface area contributed by atoms with Crippen molar-refractivity contribution in [1.29, 1.82) is 0 Å². The molecule has 0 saturated heterocycles. The number of ether oxygens (including phenoxy) is 3. The van der Waals surface area contributed by atoms with Gasteiger partial charge in [-0.15, -0.1) is 0 Å². The summed E-state index contributed by atoms with van der Waals surface area (Å²) in [6, 6.07) is 7.57. The second kappa shape index (κ2) is 6.00. The molecule has 0 spiro atoms. The Kier molecular flexibility index (Phi) is 4.93. The quantitative estimate of drug-likeness (QED) is 0.767. The van der Waals surface area contributed by atoms with Gasteiger partial charge in [-0.1, -0.05) is 18.2 Å². The predicted octanol–water partition coefficient (Wildman–Crippen LogP) is 1.61. The van der Waals surface area contributed by atoms with Gasteiger partial charge in [-0.25, -0.2) is 0 Å². The van der Waals surface area contributed by atoms with Crippen molar-refractivity contribution in [1.82, 2.24) is 0 Å². The minimum Gasteiger partial charge on any atom is -0.496 e. The molecule has 0 aromatic heterocycles. The van der Waals surface area contributed by atoms with Gasteiger partial charge >= 0.3 is 0 Å². The van der Waals surface area contributed by atoms with E-state index in [4.69, 9.17) is 14.2 Å². The molecule has 0 fully saturated rings. The highest BCUT2D eigenvalue weighted by molar-refractivity contribution is 5.34. The zero-order valence-corrected chi connectivity index (χ0v) is 10.8. The first kappa shape index (κ1) is 14.0. The smallest absolute Gasteiger partial charge is 0.185 e. The summed E-state index contributed by atoms with van der Waals surface area (Å²) in [4.78, 5) is 0. The lowest BCUT2D eigenvalue weighted by molar-refractivity contribution is -0.207. The molecule has 0 aliphatic rings. The summed E-state index contributed by atoms with van der Waals surface area (Å²) in [6.07, 6.45) is -0.281. The van der Waals surface area contributed by atoms with Gasteiger partial charge in [0.2, 0.25) is 0 Å². The van der Waals surface area contributed by atoms with Crippen LogP contribution in [0, 0.1) is 0 Å². The molecule has 0 bridgehead atoms. The number of rotatable bonds is 6. The van der Waals surface area contributed by atoms with Crippen LogP contribution in [0.2, 0.25) is 0 Å². The lowest BCUT2D eigenvalue weighted by Crippen LogP contribution is -2.43. The topological polar surface area (TPSA) is 47.9 Å². The summed E-state index contributed by atoms with van der Waals surface area (Å²) >= 11 is 0. The van der Waals surface area contributed by atoms with Crippen LogP contribution in [0.15, 0.2) is 24.3 Å². The molecule has 0 heterocycles. The van der Waals surface area contributed by atoms with Crippen molar-refractivity contribution >= 4 is 0 Å². The van der Waals surface area contributed by atoms with Crippen molar-refractivity contribution in [3.05, 3.63) is 29.8 Å². The molecule has 1 aromatic carbocycles. The van der Waals surface area contributed by atoms with Crippen molar-refractivity contribution in [3.8, 4) is 5.75 Å². The second-order valence-electron chi connectivity index (χ2n) is 4.15. The van der Waals surface area contributed by atoms with E-state index in [1.54, 1.807) is 14.0 Å². The maximum atomic E-state index is 10.3. The van der Waals surface area contributed by atoms with E-state index in [1.807, 2.05) is 24.3 Å². The van der Waals surface area contributed by atoms with Crippen molar-refractivity contribution in [2.75, 3.05) is 21.3 Å². The zero-order valence-electron chi connectivity index (χ0n) is 10.8. The van der Waals surface area contributed by atoms with Crippen LogP contribution in [-0.4, -0.2) is 38.3 Å². The molecule has 0 aliphatic carbocycles. The van der Waals surface area contributed by atoms with E-state index < -0.39 is 11.9 Å². The van der Waals surface area contributed by atoms with Crippen molar-refractivity contribution in [2.45, 2.75) is 25.2 Å². The van der Waals surface area contributed by atoms with Gasteiger partial charge in [0.1, 0.15) is 11.4 Å². The molecule has 0 aliphatic heterocycles. The largest absolute Gasteiger partial charge is 0.496 e. The predicted molar refractivity (Wildman–Crippen MR) is 65.1 cm³/mol. The molecule has 4 heteroatoms. The Balaban J connectivity index is 2.88. The minimum atomic E-state index is -1.11. The van der Waals surface area contributed by atoms with E-state index in [1.165, 1.54) is 14.2 Å². The highest BCUT2D eigenvalue weighted by Crippen LogP contribution is 2.25. The summed E-state index contributed by atoms with van der Waals surface area (Å²) in [5.74, 6) is 0.749. The van der Waals surface area contributed by atoms with Crippen LogP contribution >= 0.6 is 0 Å². The maximum Gasteiger partial charge on any atom is 0.185 e. The molecule has 1 rings (SSSR count). The monoisotopic (exact) mass is 240 g/mol. The molecule has 4 nitrogen and oxygen atoms in total. The average Bonchev–Trinajstić information content (AvgIpc) is 2.30. The maximum absolute atomic E-state index is 10.3. The molecule has 17 heavy (non-hydrogen) atoms. The summed E-state index contributed by atoms with van der Waals surface area (Å²) in [6.45, 7) is 1.68. The summed E-state index contributed by atoms with van der Waals surface area (Å²) in [5.41, 5.74) is -0.197. The van der Waals surface area contributed by atoms with Crippen LogP contribution in [0.3, 0.4) is 0 Å². The molecule has 0 amide bonds. The van der Waals surface area contributed by atoms with Crippen molar-refractivity contribution in [3.63, 3.8) is 0 Å². The van der Waals surface area contributed by atoms with E-state index in [-0.39, 0.29) is 0 Å². The second-order valence-corrected chi connectivity index (χ2v) is 4.15. The van der Waals surface area contributed by atoms with Gasteiger partial charge in [-0.05, 0) is 18.6 Å². The van der Waals surface area contributed by atoms with Crippen LogP contribution in [0.1, 0.15) is 12.5 Å². The average molecular weight is 240 g/mol. The standard InChI is InChI=1S/C13H20O4/c1-13(14,12(16-3)17-4)9-10-7-5-6-8-11(10)15-2/h5-8,12,14H,9H2,1-4H3. The van der Waals surface area contributed by atoms with Crippen LogP contribution in [0.25, 0.3) is 0 Å². The third-order valence-corrected chi connectivity index (χ3v) is 2.68. The van der Waals surface area contributed by atoms with E-state index in [0.717, 1.165) is 11.3 Å². The molecule has 1 N–H and O–H groups in total. The SMILES string of the molecule is COc1ccccc1CC(C)(O)C(OC)OC. The van der Waals surface area contributed by atoms with Gasteiger partial charge in [0.05, 0.1) is 7.11 Å². The minimum absolute atomic E-state index is 0.392. The first-order chi connectivity index (χ1) is 8.05. The van der Waals surface area contributed by atoms with Gasteiger partial charge in [0, 0.05) is 20.6 Å². The van der Waals surface area contributed by atoms with E-state index in [2.05, 4.69) is 0 Å². The first-order valence-corrected chi connectivity index (χ1v) is 5.45. The molecular formula is C13H20O4. The molecule has 1 aromatic rings. The molecule has 1 atom stereocenters. The number of aliphatic hydroxyl groups is 1. The number of hydrogen-bond donors (Lipinski definition) is 1. The van der Waals surface area contributed by atoms with Gasteiger partial charge in [0.25, 0.3) is 0 Å². The summed E-state index contributed by atoms with van der Waals surface area (Å²) in [7, 11) is 4.62. The van der Waals surface area contributed by atoms with Crippen molar-refractivity contribution in [2.24, 2.45) is 0 Å². The summed E-state index contributed by atoms with van der Waals surface area (Å²) < 4.78 is 15.4. The molecule has 0 radical (unpaired) electrons. The number of benzene rings is 1. The molecular weight excluding hydrogens is 220 g/mol. The molecule has 0 saturated carbocycles. The summed E-state index contributed by atoms with van der Waals surface area (Å²) in [5, 5.41) is 10.3. The number of methoxy groups -OCH3 is 3. The van der Waals surface area contributed by atoms with E-state index >= 15 is 0 Å². The highest BCUT2D eigenvalue weighted by atomic mass is 16.7. The van der Waals surface area contributed by atoms with Crippen LogP contribution in [0.4, 0.5) is 0 Å². The highest BCUT2D eigenvalue weighted by Gasteiger charge is 2.33. The fourth-order valence-electron chi connectivity index (χ4n) is 1.92. The molecule has 1 unspecified atom stereocenters. The van der Waals surface area contributed by atoms with Crippen molar-refractivity contribution < 1.29 is 19.3 Å². The lowest BCUT2D eigenvalue weighted by Gasteiger charge is -2.31. The van der Waals surface area contributed by atoms with Gasteiger partial charge < -0.3 is 19.3 Å². The molecule has 96 valence electrons. The number of hydrogen-bond acceptors (Lipinski definition) is 4. The van der Waals surface area contributed by atoms with Gasteiger partial charge in [-0.2, -0.15) is 0 Å². The Morgan fingerprint density at radius 1 is 1.18 bits per heavy atom. The lowest BCUT2D eigenvalue weighted by atomic mass is 9.95.